The molecule has 2 atom stereocenters. The minimum atomic E-state index is -0.656. The first kappa shape index (κ1) is 16.9. The summed E-state index contributed by atoms with van der Waals surface area (Å²) in [4.78, 5) is 0. The van der Waals surface area contributed by atoms with Crippen LogP contribution in [0.3, 0.4) is 0 Å². The zero-order valence-electron chi connectivity index (χ0n) is 12.5. The monoisotopic (exact) mass is 283 g/mol. The van der Waals surface area contributed by atoms with Crippen molar-refractivity contribution in [2.24, 2.45) is 0 Å². The van der Waals surface area contributed by atoms with E-state index in [2.05, 4.69) is 5.32 Å². The molecule has 0 radical (unpaired) electrons. The average Bonchev–Trinajstić information content (AvgIpc) is 2.45. The second-order valence-electron chi connectivity index (χ2n) is 4.70. The molecular formula is C15H25NO4. The van der Waals surface area contributed by atoms with Crippen LogP contribution in [0.5, 0.6) is 5.75 Å². The number of nitrogens with one attached hydrogen (secondary N) is 1. The molecule has 0 heterocycles. The highest BCUT2D eigenvalue weighted by Crippen LogP contribution is 2.17. The molecule has 20 heavy (non-hydrogen) atoms. The van der Waals surface area contributed by atoms with E-state index in [0.717, 1.165) is 17.9 Å². The molecule has 0 aliphatic carbocycles. The van der Waals surface area contributed by atoms with E-state index in [4.69, 9.17) is 14.2 Å². The van der Waals surface area contributed by atoms with Crippen molar-refractivity contribution in [2.75, 3.05) is 34.0 Å². The molecule has 0 aromatic heterocycles. The Kier molecular flexibility index (Phi) is 8.22. The fraction of sp³-hybridized carbons (Fsp3) is 0.600. The number of aliphatic hydroxyl groups excluding tert-OH is 1. The van der Waals surface area contributed by atoms with Gasteiger partial charge in [0.25, 0.3) is 0 Å². The minimum Gasteiger partial charge on any atom is -0.490 e. The van der Waals surface area contributed by atoms with Crippen molar-refractivity contribution in [2.45, 2.75) is 25.7 Å². The average molecular weight is 283 g/mol. The van der Waals surface area contributed by atoms with Gasteiger partial charge in [-0.2, -0.15) is 0 Å². The molecule has 0 bridgehead atoms. The van der Waals surface area contributed by atoms with Crippen LogP contribution in [0, 0.1) is 0 Å². The second kappa shape index (κ2) is 9.72. The predicted octanol–water partition coefficient (Wildman–Crippen LogP) is 1.20. The van der Waals surface area contributed by atoms with Crippen molar-refractivity contribution < 1.29 is 19.3 Å². The van der Waals surface area contributed by atoms with Gasteiger partial charge in [-0.3, -0.25) is 0 Å². The third kappa shape index (κ3) is 6.34. The van der Waals surface area contributed by atoms with Gasteiger partial charge in [-0.25, -0.2) is 0 Å². The summed E-state index contributed by atoms with van der Waals surface area (Å²) in [5.74, 6) is 0.783. The highest BCUT2D eigenvalue weighted by atomic mass is 16.5. The number of methoxy groups -OCH3 is 1. The van der Waals surface area contributed by atoms with Gasteiger partial charge < -0.3 is 24.6 Å². The number of hydrogen-bond donors (Lipinski definition) is 2. The summed E-state index contributed by atoms with van der Waals surface area (Å²) in [6, 6.07) is 7.77. The summed E-state index contributed by atoms with van der Waals surface area (Å²) in [7, 11) is 3.51. The molecule has 0 saturated heterocycles. The molecule has 0 amide bonds. The highest BCUT2D eigenvalue weighted by molar-refractivity contribution is 5.33. The van der Waals surface area contributed by atoms with Gasteiger partial charge in [0.1, 0.15) is 18.5 Å². The molecule has 0 fully saturated rings. The Morgan fingerprint density at radius 3 is 2.65 bits per heavy atom. The maximum atomic E-state index is 9.84. The Morgan fingerprint density at radius 1 is 1.20 bits per heavy atom. The van der Waals surface area contributed by atoms with Gasteiger partial charge in [-0.15, -0.1) is 0 Å². The normalized spacial score (nSPS) is 14.0. The Balaban J connectivity index is 2.35. The quantitative estimate of drug-likeness (QED) is 0.675. The predicted molar refractivity (Wildman–Crippen MR) is 78.0 cm³/mol. The largest absolute Gasteiger partial charge is 0.490 e. The van der Waals surface area contributed by atoms with Crippen molar-refractivity contribution in [3.63, 3.8) is 0 Å². The van der Waals surface area contributed by atoms with Crippen LogP contribution in [-0.2, 0) is 16.0 Å². The first-order valence-electron chi connectivity index (χ1n) is 6.81. The fourth-order valence-electron chi connectivity index (χ4n) is 1.77. The van der Waals surface area contributed by atoms with Crippen molar-refractivity contribution in [3.05, 3.63) is 29.8 Å². The molecule has 5 heteroatoms. The minimum absolute atomic E-state index is 0.0359. The maximum Gasteiger partial charge on any atom is 0.123 e. The van der Waals surface area contributed by atoms with Crippen LogP contribution < -0.4 is 10.1 Å². The summed E-state index contributed by atoms with van der Waals surface area (Å²) < 4.78 is 16.0. The first-order chi connectivity index (χ1) is 9.67. The standard InChI is InChI=1S/C15H25NO4/c1-12(9-18-3)19-10-14(17)11-20-15-7-5-4-6-13(15)8-16-2/h4-7,12,14,16-17H,8-11H2,1-3H3. The van der Waals surface area contributed by atoms with Gasteiger partial charge in [-0.05, 0) is 20.0 Å². The third-order valence-corrected chi connectivity index (χ3v) is 2.75. The Bertz CT molecular complexity index is 373. The lowest BCUT2D eigenvalue weighted by molar-refractivity contribution is -0.0423. The van der Waals surface area contributed by atoms with Crippen LogP contribution in [-0.4, -0.2) is 51.3 Å². The summed E-state index contributed by atoms with van der Waals surface area (Å²) >= 11 is 0. The molecule has 2 N–H and O–H groups in total. The number of ether oxygens (including phenoxy) is 3. The topological polar surface area (TPSA) is 60.0 Å². The van der Waals surface area contributed by atoms with Gasteiger partial charge >= 0.3 is 0 Å². The van der Waals surface area contributed by atoms with Crippen LogP contribution in [0.4, 0.5) is 0 Å². The van der Waals surface area contributed by atoms with Crippen molar-refractivity contribution in [1.82, 2.24) is 5.32 Å². The zero-order valence-corrected chi connectivity index (χ0v) is 12.5. The number of aliphatic hydroxyl groups is 1. The third-order valence-electron chi connectivity index (χ3n) is 2.75. The summed E-state index contributed by atoms with van der Waals surface area (Å²) in [5, 5.41) is 12.9. The van der Waals surface area contributed by atoms with E-state index in [0.29, 0.717) is 6.61 Å². The van der Waals surface area contributed by atoms with Crippen LogP contribution in [0.1, 0.15) is 12.5 Å². The first-order valence-corrected chi connectivity index (χ1v) is 6.81. The number of para-hydroxylation sites is 1. The van der Waals surface area contributed by atoms with E-state index in [1.807, 2.05) is 38.2 Å². The molecule has 1 aromatic carbocycles. The zero-order chi connectivity index (χ0) is 14.8. The lowest BCUT2D eigenvalue weighted by Crippen LogP contribution is -2.27. The van der Waals surface area contributed by atoms with Crippen LogP contribution >= 0.6 is 0 Å². The van der Waals surface area contributed by atoms with E-state index in [1.165, 1.54) is 0 Å². The van der Waals surface area contributed by atoms with Gasteiger partial charge in [0.2, 0.25) is 0 Å². The van der Waals surface area contributed by atoms with Gasteiger partial charge in [0.15, 0.2) is 0 Å². The molecule has 0 aliphatic heterocycles. The summed E-state index contributed by atoms with van der Waals surface area (Å²) in [6.07, 6.45) is -0.692. The molecular weight excluding hydrogens is 258 g/mol. The summed E-state index contributed by atoms with van der Waals surface area (Å²) in [6.45, 7) is 3.59. The maximum absolute atomic E-state index is 9.84. The molecule has 0 aliphatic rings. The molecule has 1 aromatic rings. The molecule has 2 unspecified atom stereocenters. The molecule has 0 spiro atoms. The van der Waals surface area contributed by atoms with E-state index in [9.17, 15) is 5.11 Å². The molecule has 114 valence electrons. The lowest BCUT2D eigenvalue weighted by atomic mass is 10.2. The Morgan fingerprint density at radius 2 is 1.95 bits per heavy atom. The van der Waals surface area contributed by atoms with E-state index in [-0.39, 0.29) is 19.3 Å². The van der Waals surface area contributed by atoms with E-state index < -0.39 is 6.10 Å². The van der Waals surface area contributed by atoms with Crippen LogP contribution in [0.2, 0.25) is 0 Å². The number of rotatable bonds is 10. The van der Waals surface area contributed by atoms with E-state index in [1.54, 1.807) is 7.11 Å². The van der Waals surface area contributed by atoms with Gasteiger partial charge in [0.05, 0.1) is 19.3 Å². The fourth-order valence-corrected chi connectivity index (χ4v) is 1.77. The van der Waals surface area contributed by atoms with Gasteiger partial charge in [0, 0.05) is 19.2 Å². The van der Waals surface area contributed by atoms with Crippen LogP contribution in [0.15, 0.2) is 24.3 Å². The summed E-state index contributed by atoms with van der Waals surface area (Å²) in [5.41, 5.74) is 1.07. The van der Waals surface area contributed by atoms with Gasteiger partial charge in [-0.1, -0.05) is 18.2 Å². The van der Waals surface area contributed by atoms with E-state index >= 15 is 0 Å². The number of hydrogen-bond acceptors (Lipinski definition) is 5. The lowest BCUT2D eigenvalue weighted by Gasteiger charge is -2.17. The Labute approximate surface area is 120 Å². The van der Waals surface area contributed by atoms with Crippen molar-refractivity contribution in [3.8, 4) is 5.75 Å². The smallest absolute Gasteiger partial charge is 0.123 e. The van der Waals surface area contributed by atoms with Crippen LogP contribution in [0.25, 0.3) is 0 Å². The highest BCUT2D eigenvalue weighted by Gasteiger charge is 2.10. The SMILES string of the molecule is CNCc1ccccc1OCC(O)COC(C)COC. The van der Waals surface area contributed by atoms with Crippen molar-refractivity contribution >= 4 is 0 Å². The molecule has 5 nitrogen and oxygen atoms in total. The second-order valence-corrected chi connectivity index (χ2v) is 4.70. The van der Waals surface area contributed by atoms with Crippen molar-refractivity contribution in [1.29, 1.82) is 0 Å². The molecule has 1 rings (SSSR count). The molecule has 0 saturated carbocycles. The number of benzene rings is 1. The Hall–Kier alpha value is -1.14.